The molecule has 0 amide bonds. The molecular weight excluding hydrogens is 272 g/mol. The highest BCUT2D eigenvalue weighted by molar-refractivity contribution is 5.91. The fourth-order valence-electron chi connectivity index (χ4n) is 6.85. The lowest BCUT2D eigenvalue weighted by molar-refractivity contribution is -0.127. The van der Waals surface area contributed by atoms with Crippen molar-refractivity contribution < 1.29 is 9.59 Å². The van der Waals surface area contributed by atoms with Gasteiger partial charge in [-0.1, -0.05) is 12.5 Å². The number of hydrogen-bond acceptors (Lipinski definition) is 2. The van der Waals surface area contributed by atoms with Crippen molar-refractivity contribution in [3.05, 3.63) is 11.6 Å². The van der Waals surface area contributed by atoms with Crippen molar-refractivity contribution in [2.45, 2.75) is 65.2 Å². The minimum absolute atomic E-state index is 0.263. The van der Waals surface area contributed by atoms with Gasteiger partial charge in [0.15, 0.2) is 5.78 Å². The molecule has 4 rings (SSSR count). The summed E-state index contributed by atoms with van der Waals surface area (Å²) in [6, 6.07) is 0. The number of ketones is 2. The van der Waals surface area contributed by atoms with E-state index in [1.807, 2.05) is 6.08 Å². The summed E-state index contributed by atoms with van der Waals surface area (Å²) in [5.41, 5.74) is 1.72. The fraction of sp³-hybridized carbons (Fsp3) is 0.800. The second-order valence-electron chi connectivity index (χ2n) is 8.59. The zero-order valence-corrected chi connectivity index (χ0v) is 13.9. The number of rotatable bonds is 1. The van der Waals surface area contributed by atoms with Crippen LogP contribution in [-0.2, 0) is 9.59 Å². The number of fused-ring (bicyclic) bond motifs is 5. The van der Waals surface area contributed by atoms with E-state index in [4.69, 9.17) is 0 Å². The van der Waals surface area contributed by atoms with E-state index in [0.717, 1.165) is 43.4 Å². The highest BCUT2D eigenvalue weighted by Crippen LogP contribution is 2.63. The van der Waals surface area contributed by atoms with Gasteiger partial charge in [-0.3, -0.25) is 9.59 Å². The van der Waals surface area contributed by atoms with Gasteiger partial charge < -0.3 is 0 Å². The molecule has 0 N–H and O–H groups in total. The molecule has 4 aliphatic carbocycles. The molecule has 0 unspecified atom stereocenters. The predicted octanol–water partition coefficient (Wildman–Crippen LogP) is 4.33. The van der Waals surface area contributed by atoms with Crippen LogP contribution in [0.5, 0.6) is 0 Å². The summed E-state index contributed by atoms with van der Waals surface area (Å²) in [6.45, 7) is 4.21. The molecule has 2 nitrogen and oxygen atoms in total. The SMILES string of the molecule is CC(=O)[C@H]1CC[C@H]2[C@@H]3CCC4=CC(=O)CC[C@@H]4[C@H]3CC[C@]12C. The lowest BCUT2D eigenvalue weighted by Crippen LogP contribution is -2.47. The Labute approximate surface area is 133 Å². The highest BCUT2D eigenvalue weighted by atomic mass is 16.1. The van der Waals surface area contributed by atoms with Crippen LogP contribution < -0.4 is 0 Å². The minimum Gasteiger partial charge on any atom is -0.300 e. The van der Waals surface area contributed by atoms with Crippen LogP contribution in [0.25, 0.3) is 0 Å². The molecule has 0 radical (unpaired) electrons. The Balaban J connectivity index is 1.62. The van der Waals surface area contributed by atoms with Crippen LogP contribution in [0.2, 0.25) is 0 Å². The van der Waals surface area contributed by atoms with Crippen LogP contribution >= 0.6 is 0 Å². The smallest absolute Gasteiger partial charge is 0.155 e. The van der Waals surface area contributed by atoms with Gasteiger partial charge in [-0.2, -0.15) is 0 Å². The van der Waals surface area contributed by atoms with Gasteiger partial charge in [0.1, 0.15) is 5.78 Å². The minimum atomic E-state index is 0.263. The van der Waals surface area contributed by atoms with Crippen LogP contribution in [0.15, 0.2) is 11.6 Å². The molecule has 0 aromatic carbocycles. The van der Waals surface area contributed by atoms with Gasteiger partial charge in [-0.25, -0.2) is 0 Å². The summed E-state index contributed by atoms with van der Waals surface area (Å²) in [5.74, 6) is 4.10. The van der Waals surface area contributed by atoms with Crippen molar-refractivity contribution in [1.29, 1.82) is 0 Å². The Hall–Kier alpha value is -0.920. The standard InChI is InChI=1S/C20H28O2/c1-12(21)18-7-8-19-17-5-3-13-11-14(22)4-6-15(13)16(17)9-10-20(18,19)2/h11,15-19H,3-10H2,1-2H3/t15-,16+,17+,18+,19-,20+/m0/s1. The van der Waals surface area contributed by atoms with E-state index >= 15 is 0 Å². The predicted molar refractivity (Wildman–Crippen MR) is 86.3 cm³/mol. The number of carbonyl (C=O) groups excluding carboxylic acids is 2. The summed E-state index contributed by atoms with van der Waals surface area (Å²) in [6.07, 6.45) is 11.1. The molecule has 0 spiro atoms. The van der Waals surface area contributed by atoms with E-state index in [-0.39, 0.29) is 5.41 Å². The number of carbonyl (C=O) groups is 2. The van der Waals surface area contributed by atoms with Crippen LogP contribution in [0.1, 0.15) is 65.2 Å². The van der Waals surface area contributed by atoms with Crippen molar-refractivity contribution in [2.75, 3.05) is 0 Å². The van der Waals surface area contributed by atoms with Crippen LogP contribution in [0.3, 0.4) is 0 Å². The third-order valence-corrected chi connectivity index (χ3v) is 7.79. The molecule has 2 heteroatoms. The average molecular weight is 300 g/mol. The maximum absolute atomic E-state index is 12.1. The molecule has 0 bridgehead atoms. The zero-order chi connectivity index (χ0) is 15.5. The molecule has 0 aromatic heterocycles. The maximum Gasteiger partial charge on any atom is 0.155 e. The average Bonchev–Trinajstić information content (AvgIpc) is 2.84. The molecule has 120 valence electrons. The van der Waals surface area contributed by atoms with Gasteiger partial charge in [0, 0.05) is 12.3 Å². The van der Waals surface area contributed by atoms with Gasteiger partial charge in [0.25, 0.3) is 0 Å². The van der Waals surface area contributed by atoms with Crippen molar-refractivity contribution >= 4 is 11.6 Å². The molecule has 22 heavy (non-hydrogen) atoms. The third-order valence-electron chi connectivity index (χ3n) is 7.79. The largest absolute Gasteiger partial charge is 0.300 e. The van der Waals surface area contributed by atoms with Gasteiger partial charge >= 0.3 is 0 Å². The number of Topliss-reactive ketones (excluding diaryl/α,β-unsaturated/α-hetero) is 1. The first-order valence-electron chi connectivity index (χ1n) is 9.24. The van der Waals surface area contributed by atoms with Crippen LogP contribution in [0.4, 0.5) is 0 Å². The molecule has 6 atom stereocenters. The van der Waals surface area contributed by atoms with E-state index in [9.17, 15) is 9.59 Å². The van der Waals surface area contributed by atoms with E-state index in [1.54, 1.807) is 6.92 Å². The lowest BCUT2D eigenvalue weighted by atomic mass is 9.51. The normalized spacial score (nSPS) is 47.3. The molecule has 3 saturated carbocycles. The Morgan fingerprint density at radius 1 is 1.09 bits per heavy atom. The molecule has 3 fully saturated rings. The first kappa shape index (κ1) is 14.7. The number of allylic oxidation sites excluding steroid dienone is 1. The summed E-state index contributed by atoms with van der Waals surface area (Å²) in [4.78, 5) is 23.8. The molecule has 0 saturated heterocycles. The van der Waals surface area contributed by atoms with E-state index in [0.29, 0.717) is 23.4 Å². The Kier molecular flexibility index (Phi) is 3.36. The topological polar surface area (TPSA) is 34.1 Å². The maximum atomic E-state index is 12.1. The van der Waals surface area contributed by atoms with Gasteiger partial charge in [-0.15, -0.1) is 0 Å². The summed E-state index contributed by atoms with van der Waals surface area (Å²) >= 11 is 0. The van der Waals surface area contributed by atoms with E-state index in [2.05, 4.69) is 6.92 Å². The van der Waals surface area contributed by atoms with Crippen molar-refractivity contribution in [3.63, 3.8) is 0 Å². The van der Waals surface area contributed by atoms with Gasteiger partial charge in [0.05, 0.1) is 0 Å². The Morgan fingerprint density at radius 2 is 1.91 bits per heavy atom. The Morgan fingerprint density at radius 3 is 2.68 bits per heavy atom. The molecule has 0 aromatic rings. The number of hydrogen-bond donors (Lipinski definition) is 0. The van der Waals surface area contributed by atoms with Crippen LogP contribution in [0, 0.1) is 35.0 Å². The third kappa shape index (κ3) is 1.98. The quantitative estimate of drug-likeness (QED) is 0.722. The second kappa shape index (κ2) is 5.04. The van der Waals surface area contributed by atoms with Gasteiger partial charge in [0.2, 0.25) is 0 Å². The van der Waals surface area contributed by atoms with Crippen molar-refractivity contribution in [1.82, 2.24) is 0 Å². The monoisotopic (exact) mass is 300 g/mol. The molecular formula is C20H28O2. The fourth-order valence-corrected chi connectivity index (χ4v) is 6.85. The summed E-state index contributed by atoms with van der Waals surface area (Å²) in [5, 5.41) is 0. The first-order valence-corrected chi connectivity index (χ1v) is 9.24. The second-order valence-corrected chi connectivity index (χ2v) is 8.59. The first-order chi connectivity index (χ1) is 10.5. The summed E-state index contributed by atoms with van der Waals surface area (Å²) in [7, 11) is 0. The van der Waals surface area contributed by atoms with E-state index in [1.165, 1.54) is 31.3 Å². The molecule has 0 heterocycles. The van der Waals surface area contributed by atoms with Gasteiger partial charge in [-0.05, 0) is 87.0 Å². The Bertz CT molecular complexity index is 546. The zero-order valence-electron chi connectivity index (χ0n) is 13.9. The van der Waals surface area contributed by atoms with Crippen LogP contribution in [-0.4, -0.2) is 11.6 Å². The van der Waals surface area contributed by atoms with E-state index < -0.39 is 0 Å². The highest BCUT2D eigenvalue weighted by Gasteiger charge is 2.57. The lowest BCUT2D eigenvalue weighted by Gasteiger charge is -2.53. The van der Waals surface area contributed by atoms with Crippen molar-refractivity contribution in [3.8, 4) is 0 Å². The molecule has 4 aliphatic rings. The molecule has 0 aliphatic heterocycles. The summed E-state index contributed by atoms with van der Waals surface area (Å²) < 4.78 is 0. The van der Waals surface area contributed by atoms with Crippen molar-refractivity contribution in [2.24, 2.45) is 35.0 Å².